The molecule has 0 aromatic carbocycles. The van der Waals surface area contributed by atoms with Crippen molar-refractivity contribution in [2.75, 3.05) is 6.54 Å². The van der Waals surface area contributed by atoms with E-state index in [0.29, 0.717) is 12.8 Å². The van der Waals surface area contributed by atoms with Gasteiger partial charge in [0.1, 0.15) is 0 Å². The Hall–Kier alpha value is -1.59. The van der Waals surface area contributed by atoms with Crippen molar-refractivity contribution in [1.29, 1.82) is 0 Å². The molecule has 2 atom stereocenters. The van der Waals surface area contributed by atoms with Gasteiger partial charge < -0.3 is 15.7 Å². The fourth-order valence-corrected chi connectivity index (χ4v) is 2.47. The lowest BCUT2D eigenvalue weighted by atomic mass is 9.85. The van der Waals surface area contributed by atoms with Crippen molar-refractivity contribution >= 4 is 17.8 Å². The van der Waals surface area contributed by atoms with Crippen molar-refractivity contribution in [3.63, 3.8) is 0 Å². The van der Waals surface area contributed by atoms with Crippen LogP contribution < -0.4 is 10.6 Å². The standard InChI is InChI=1S/C15H26N2O4/c1-14(2,3)12(19)16-9-7-11(18)17-10-6-5-8-15(10,4)13(20)21/h10H,5-9H2,1-4H3,(H,16,19)(H,17,18)(H,20,21). The molecule has 1 fully saturated rings. The van der Waals surface area contributed by atoms with Gasteiger partial charge in [-0.1, -0.05) is 27.2 Å². The van der Waals surface area contributed by atoms with Crippen molar-refractivity contribution in [2.45, 2.75) is 59.4 Å². The monoisotopic (exact) mass is 298 g/mol. The number of carboxylic acids is 1. The minimum atomic E-state index is -0.885. The Morgan fingerprint density at radius 2 is 1.90 bits per heavy atom. The topological polar surface area (TPSA) is 95.5 Å². The molecule has 2 unspecified atom stereocenters. The van der Waals surface area contributed by atoms with Crippen LogP contribution in [0.1, 0.15) is 53.4 Å². The summed E-state index contributed by atoms with van der Waals surface area (Å²) in [6.45, 7) is 7.35. The van der Waals surface area contributed by atoms with Gasteiger partial charge in [0.05, 0.1) is 5.41 Å². The third-order valence-corrected chi connectivity index (χ3v) is 4.10. The Bertz CT molecular complexity index is 428. The van der Waals surface area contributed by atoms with Crippen LogP contribution in [0, 0.1) is 10.8 Å². The van der Waals surface area contributed by atoms with Crippen molar-refractivity contribution in [1.82, 2.24) is 10.6 Å². The smallest absolute Gasteiger partial charge is 0.311 e. The van der Waals surface area contributed by atoms with Crippen LogP contribution in [0.25, 0.3) is 0 Å². The molecular weight excluding hydrogens is 272 g/mol. The van der Waals surface area contributed by atoms with Crippen molar-refractivity contribution in [3.8, 4) is 0 Å². The summed E-state index contributed by atoms with van der Waals surface area (Å²) < 4.78 is 0. The second kappa shape index (κ2) is 6.45. The van der Waals surface area contributed by atoms with Gasteiger partial charge in [-0.3, -0.25) is 14.4 Å². The molecule has 1 aliphatic carbocycles. The van der Waals surface area contributed by atoms with Gasteiger partial charge in [-0.2, -0.15) is 0 Å². The van der Waals surface area contributed by atoms with E-state index >= 15 is 0 Å². The molecular formula is C15H26N2O4. The Labute approximate surface area is 125 Å². The Balaban J connectivity index is 2.41. The van der Waals surface area contributed by atoms with E-state index < -0.39 is 16.8 Å². The second-order valence-corrected chi connectivity index (χ2v) is 6.99. The fraction of sp³-hybridized carbons (Fsp3) is 0.800. The third-order valence-electron chi connectivity index (χ3n) is 4.10. The predicted octanol–water partition coefficient (Wildman–Crippen LogP) is 1.30. The number of carboxylic acid groups (broad SMARTS) is 1. The average molecular weight is 298 g/mol. The van der Waals surface area contributed by atoms with Gasteiger partial charge in [0.15, 0.2) is 0 Å². The van der Waals surface area contributed by atoms with Crippen LogP contribution in [0.3, 0.4) is 0 Å². The first-order valence-electron chi connectivity index (χ1n) is 7.38. The highest BCUT2D eigenvalue weighted by Crippen LogP contribution is 2.38. The van der Waals surface area contributed by atoms with E-state index in [1.165, 1.54) is 0 Å². The van der Waals surface area contributed by atoms with E-state index in [4.69, 9.17) is 0 Å². The van der Waals surface area contributed by atoms with E-state index in [-0.39, 0.29) is 30.8 Å². The average Bonchev–Trinajstić information content (AvgIpc) is 2.71. The third kappa shape index (κ3) is 4.44. The van der Waals surface area contributed by atoms with Gasteiger partial charge in [-0.25, -0.2) is 0 Å². The first-order valence-corrected chi connectivity index (χ1v) is 7.38. The van der Waals surface area contributed by atoms with Crippen LogP contribution in [0.2, 0.25) is 0 Å². The number of amides is 2. The van der Waals surface area contributed by atoms with Gasteiger partial charge in [0, 0.05) is 24.4 Å². The largest absolute Gasteiger partial charge is 0.481 e. The van der Waals surface area contributed by atoms with Gasteiger partial charge in [-0.05, 0) is 19.8 Å². The molecule has 0 bridgehead atoms. The molecule has 6 heteroatoms. The molecule has 0 aliphatic heterocycles. The summed E-state index contributed by atoms with van der Waals surface area (Å²) >= 11 is 0. The maximum Gasteiger partial charge on any atom is 0.311 e. The van der Waals surface area contributed by atoms with Crippen LogP contribution >= 0.6 is 0 Å². The lowest BCUT2D eigenvalue weighted by molar-refractivity contribution is -0.149. The summed E-state index contributed by atoms with van der Waals surface area (Å²) in [7, 11) is 0. The van der Waals surface area contributed by atoms with E-state index in [1.807, 2.05) is 0 Å². The van der Waals surface area contributed by atoms with E-state index in [1.54, 1.807) is 27.7 Å². The minimum absolute atomic E-state index is 0.105. The second-order valence-electron chi connectivity index (χ2n) is 6.99. The number of rotatable bonds is 5. The Kier molecular flexibility index (Phi) is 5.36. The summed E-state index contributed by atoms with van der Waals surface area (Å²) in [5, 5.41) is 14.8. The van der Waals surface area contributed by atoms with Gasteiger partial charge in [-0.15, -0.1) is 0 Å². The summed E-state index contributed by atoms with van der Waals surface area (Å²) in [5.41, 5.74) is -1.37. The highest BCUT2D eigenvalue weighted by molar-refractivity contribution is 5.83. The Morgan fingerprint density at radius 1 is 1.29 bits per heavy atom. The molecule has 2 amide bonds. The lowest BCUT2D eigenvalue weighted by Crippen LogP contribution is -2.47. The van der Waals surface area contributed by atoms with E-state index in [9.17, 15) is 19.5 Å². The van der Waals surface area contributed by atoms with Crippen LogP contribution in [0.4, 0.5) is 0 Å². The first kappa shape index (κ1) is 17.5. The highest BCUT2D eigenvalue weighted by atomic mass is 16.4. The van der Waals surface area contributed by atoms with Crippen LogP contribution in [0.5, 0.6) is 0 Å². The van der Waals surface area contributed by atoms with Crippen molar-refractivity contribution < 1.29 is 19.5 Å². The van der Waals surface area contributed by atoms with Gasteiger partial charge in [0.2, 0.25) is 11.8 Å². The lowest BCUT2D eigenvalue weighted by Gasteiger charge is -2.27. The summed E-state index contributed by atoms with van der Waals surface area (Å²) in [6, 6.07) is -0.333. The summed E-state index contributed by atoms with van der Waals surface area (Å²) in [5.74, 6) is -1.19. The molecule has 0 radical (unpaired) electrons. The molecule has 6 nitrogen and oxygen atoms in total. The van der Waals surface area contributed by atoms with E-state index in [2.05, 4.69) is 10.6 Å². The molecule has 1 rings (SSSR count). The molecule has 21 heavy (non-hydrogen) atoms. The zero-order chi connectivity index (χ0) is 16.3. The SMILES string of the molecule is CC(C)(C)C(=O)NCCC(=O)NC1CCCC1(C)C(=O)O. The predicted molar refractivity (Wildman–Crippen MR) is 78.6 cm³/mol. The number of carbonyl (C=O) groups is 3. The highest BCUT2D eigenvalue weighted by Gasteiger charge is 2.45. The number of hydrogen-bond acceptors (Lipinski definition) is 3. The number of hydrogen-bond donors (Lipinski definition) is 3. The molecule has 1 aliphatic rings. The van der Waals surface area contributed by atoms with Gasteiger partial charge in [0.25, 0.3) is 0 Å². The van der Waals surface area contributed by atoms with Crippen molar-refractivity contribution in [3.05, 3.63) is 0 Å². The Morgan fingerprint density at radius 3 is 2.43 bits per heavy atom. The molecule has 0 aromatic rings. The quantitative estimate of drug-likeness (QED) is 0.713. The molecule has 0 aromatic heterocycles. The summed E-state index contributed by atoms with van der Waals surface area (Å²) in [4.78, 5) is 34.9. The van der Waals surface area contributed by atoms with Crippen LogP contribution in [-0.4, -0.2) is 35.5 Å². The van der Waals surface area contributed by atoms with Crippen molar-refractivity contribution in [2.24, 2.45) is 10.8 Å². The zero-order valence-corrected chi connectivity index (χ0v) is 13.3. The molecule has 3 N–H and O–H groups in total. The zero-order valence-electron chi connectivity index (χ0n) is 13.3. The number of carbonyl (C=O) groups excluding carboxylic acids is 2. The molecule has 0 saturated heterocycles. The maximum atomic E-state index is 11.9. The first-order chi connectivity index (χ1) is 9.57. The normalized spacial score (nSPS) is 25.4. The van der Waals surface area contributed by atoms with Crippen LogP contribution in [0.15, 0.2) is 0 Å². The maximum absolute atomic E-state index is 11.9. The molecule has 0 spiro atoms. The number of aliphatic carboxylic acids is 1. The fourth-order valence-electron chi connectivity index (χ4n) is 2.47. The summed E-state index contributed by atoms with van der Waals surface area (Å²) in [6.07, 6.45) is 2.22. The molecule has 1 saturated carbocycles. The van der Waals surface area contributed by atoms with Gasteiger partial charge >= 0.3 is 5.97 Å². The van der Waals surface area contributed by atoms with E-state index in [0.717, 1.165) is 6.42 Å². The van der Waals surface area contributed by atoms with Crippen LogP contribution in [-0.2, 0) is 14.4 Å². The number of nitrogens with one attached hydrogen (secondary N) is 2. The molecule has 120 valence electrons. The molecule has 0 heterocycles. The minimum Gasteiger partial charge on any atom is -0.481 e.